The maximum absolute atomic E-state index is 12.1. The van der Waals surface area contributed by atoms with E-state index < -0.39 is 17.6 Å². The number of carbonyl (C=O) groups is 2. The number of oxime groups is 1. The van der Waals surface area contributed by atoms with Crippen molar-refractivity contribution in [2.75, 3.05) is 14.2 Å². The molecule has 1 aliphatic heterocycles. The van der Waals surface area contributed by atoms with Crippen LogP contribution in [0.4, 0.5) is 4.79 Å². The number of carbonyl (C=O) groups excluding carboxylic acids is 1. The van der Waals surface area contributed by atoms with E-state index in [9.17, 15) is 9.59 Å². The number of hydrogen-bond donors (Lipinski definition) is 2. The zero-order valence-electron chi connectivity index (χ0n) is 10.4. The van der Waals surface area contributed by atoms with Gasteiger partial charge in [0.25, 0.3) is 11.5 Å². The van der Waals surface area contributed by atoms with Crippen molar-refractivity contribution in [3.63, 3.8) is 0 Å². The molecule has 0 aromatic carbocycles. The van der Waals surface area contributed by atoms with Crippen LogP contribution in [0.5, 0.6) is 0 Å². The van der Waals surface area contributed by atoms with E-state index in [-0.39, 0.29) is 11.4 Å². The summed E-state index contributed by atoms with van der Waals surface area (Å²) in [5.41, 5.74) is 0.381. The second-order valence-corrected chi connectivity index (χ2v) is 3.56. The standard InChI is InChI=1S/C9H14N4O5/c1-5-9(6(2)11-17-4,18-12-8(15)16)7(14)13(3)10-5/h12H,1-4H3,(H,15,16). The van der Waals surface area contributed by atoms with Crippen molar-refractivity contribution in [2.45, 2.75) is 19.4 Å². The second-order valence-electron chi connectivity index (χ2n) is 3.56. The third kappa shape index (κ3) is 2.12. The number of nitrogens with zero attached hydrogens (tertiary/aromatic N) is 3. The molecular weight excluding hydrogens is 244 g/mol. The van der Waals surface area contributed by atoms with Crippen LogP contribution in [0, 0.1) is 0 Å². The summed E-state index contributed by atoms with van der Waals surface area (Å²) in [4.78, 5) is 32.2. The molecule has 2 N–H and O–H groups in total. The Morgan fingerprint density at radius 1 is 1.61 bits per heavy atom. The van der Waals surface area contributed by atoms with Crippen LogP contribution in [0.15, 0.2) is 10.3 Å². The molecule has 1 rings (SSSR count). The molecule has 18 heavy (non-hydrogen) atoms. The summed E-state index contributed by atoms with van der Waals surface area (Å²) in [5, 5.41) is 17.1. The van der Waals surface area contributed by atoms with Gasteiger partial charge in [0, 0.05) is 7.05 Å². The highest BCUT2D eigenvalue weighted by atomic mass is 16.7. The Balaban J connectivity index is 3.18. The number of nitrogens with one attached hydrogen (secondary N) is 1. The van der Waals surface area contributed by atoms with Crippen LogP contribution in [0.3, 0.4) is 0 Å². The van der Waals surface area contributed by atoms with Crippen molar-refractivity contribution in [3.8, 4) is 0 Å². The summed E-state index contributed by atoms with van der Waals surface area (Å²) >= 11 is 0. The van der Waals surface area contributed by atoms with Crippen molar-refractivity contribution in [1.29, 1.82) is 0 Å². The van der Waals surface area contributed by atoms with E-state index in [1.165, 1.54) is 28.0 Å². The van der Waals surface area contributed by atoms with Crippen LogP contribution in [0.1, 0.15) is 13.8 Å². The average molecular weight is 258 g/mol. The molecule has 0 saturated carbocycles. The van der Waals surface area contributed by atoms with Crippen LogP contribution in [-0.2, 0) is 14.5 Å². The molecule has 2 amide bonds. The molecule has 1 atom stereocenters. The molecule has 1 heterocycles. The average Bonchev–Trinajstić information content (AvgIpc) is 2.49. The van der Waals surface area contributed by atoms with Crippen LogP contribution in [-0.4, -0.2) is 53.3 Å². The molecule has 9 heteroatoms. The lowest BCUT2D eigenvalue weighted by atomic mass is 9.93. The van der Waals surface area contributed by atoms with Crippen molar-refractivity contribution in [1.82, 2.24) is 10.5 Å². The highest BCUT2D eigenvalue weighted by Gasteiger charge is 2.54. The quantitative estimate of drug-likeness (QED) is 0.535. The van der Waals surface area contributed by atoms with Gasteiger partial charge in [-0.15, -0.1) is 0 Å². The Kier molecular flexibility index (Phi) is 3.86. The van der Waals surface area contributed by atoms with E-state index in [0.29, 0.717) is 0 Å². The Morgan fingerprint density at radius 2 is 2.22 bits per heavy atom. The minimum atomic E-state index is -1.71. The Morgan fingerprint density at radius 3 is 2.61 bits per heavy atom. The summed E-state index contributed by atoms with van der Waals surface area (Å²) in [5.74, 6) is -0.563. The molecule has 0 saturated heterocycles. The molecule has 1 unspecified atom stereocenters. The van der Waals surface area contributed by atoms with Crippen LogP contribution in [0.25, 0.3) is 0 Å². The molecule has 0 bridgehead atoms. The second kappa shape index (κ2) is 5.00. The minimum Gasteiger partial charge on any atom is -0.464 e. The normalized spacial score (nSPS) is 24.0. The van der Waals surface area contributed by atoms with Gasteiger partial charge in [-0.1, -0.05) is 5.16 Å². The lowest BCUT2D eigenvalue weighted by Gasteiger charge is -2.25. The third-order valence-corrected chi connectivity index (χ3v) is 2.43. The number of amides is 2. The molecule has 0 aromatic heterocycles. The molecule has 100 valence electrons. The first-order valence-corrected chi connectivity index (χ1v) is 4.95. The van der Waals surface area contributed by atoms with Gasteiger partial charge in [0.05, 0.1) is 5.71 Å². The van der Waals surface area contributed by atoms with Crippen LogP contribution < -0.4 is 5.48 Å². The highest BCUT2D eigenvalue weighted by Crippen LogP contribution is 2.25. The van der Waals surface area contributed by atoms with Crippen molar-refractivity contribution in [3.05, 3.63) is 0 Å². The number of likely N-dealkylation sites (N-methyl/N-ethyl adjacent to an activating group) is 1. The van der Waals surface area contributed by atoms with Gasteiger partial charge in [0.15, 0.2) is 0 Å². The van der Waals surface area contributed by atoms with Crippen molar-refractivity contribution < 1.29 is 24.4 Å². The molecule has 1 aliphatic rings. The first-order chi connectivity index (χ1) is 8.36. The third-order valence-electron chi connectivity index (χ3n) is 2.43. The summed E-state index contributed by atoms with van der Waals surface area (Å²) in [7, 11) is 2.73. The van der Waals surface area contributed by atoms with Gasteiger partial charge in [-0.2, -0.15) is 10.6 Å². The molecule has 0 aromatic rings. The first kappa shape index (κ1) is 13.9. The van der Waals surface area contributed by atoms with Crippen LogP contribution in [0.2, 0.25) is 0 Å². The van der Waals surface area contributed by atoms with E-state index in [2.05, 4.69) is 15.1 Å². The molecule has 9 nitrogen and oxygen atoms in total. The van der Waals surface area contributed by atoms with E-state index in [0.717, 1.165) is 5.01 Å². The Labute approximate surface area is 103 Å². The molecule has 0 radical (unpaired) electrons. The van der Waals surface area contributed by atoms with Crippen molar-refractivity contribution in [2.24, 2.45) is 10.3 Å². The number of hydrazone groups is 1. The first-order valence-electron chi connectivity index (χ1n) is 4.95. The molecule has 0 aliphatic carbocycles. The zero-order chi connectivity index (χ0) is 13.9. The number of carboxylic acid groups (broad SMARTS) is 1. The Bertz CT molecular complexity index is 433. The van der Waals surface area contributed by atoms with Gasteiger partial charge >= 0.3 is 6.09 Å². The van der Waals surface area contributed by atoms with Gasteiger partial charge in [-0.25, -0.2) is 14.6 Å². The van der Waals surface area contributed by atoms with Crippen molar-refractivity contribution >= 4 is 23.4 Å². The largest absolute Gasteiger partial charge is 0.464 e. The predicted octanol–water partition coefficient (Wildman–Crippen LogP) is -0.205. The fraction of sp³-hybridized carbons (Fsp3) is 0.556. The maximum Gasteiger partial charge on any atom is 0.428 e. The monoisotopic (exact) mass is 258 g/mol. The van der Waals surface area contributed by atoms with E-state index >= 15 is 0 Å². The number of hydrogen-bond acceptors (Lipinski definition) is 6. The van der Waals surface area contributed by atoms with E-state index in [1.54, 1.807) is 5.48 Å². The molecule has 0 fully saturated rings. The van der Waals surface area contributed by atoms with Crippen LogP contribution >= 0.6 is 0 Å². The van der Waals surface area contributed by atoms with Gasteiger partial charge < -0.3 is 9.94 Å². The van der Waals surface area contributed by atoms with Gasteiger partial charge in [-0.05, 0) is 13.8 Å². The van der Waals surface area contributed by atoms with Gasteiger partial charge in [0.2, 0.25) is 0 Å². The van der Waals surface area contributed by atoms with Gasteiger partial charge in [-0.3, -0.25) is 4.79 Å². The van der Waals surface area contributed by atoms with E-state index in [1.807, 2.05) is 0 Å². The fourth-order valence-electron chi connectivity index (χ4n) is 1.65. The fourth-order valence-corrected chi connectivity index (χ4v) is 1.65. The lowest BCUT2D eigenvalue weighted by molar-refractivity contribution is -0.143. The summed E-state index contributed by atoms with van der Waals surface area (Å²) in [6, 6.07) is 0. The maximum atomic E-state index is 12.1. The minimum absolute atomic E-state index is 0.134. The molecular formula is C9H14N4O5. The topological polar surface area (TPSA) is 113 Å². The number of rotatable bonds is 4. The number of hydroxylamine groups is 1. The highest BCUT2D eigenvalue weighted by molar-refractivity contribution is 6.31. The van der Waals surface area contributed by atoms with E-state index in [4.69, 9.17) is 9.94 Å². The Hall–Kier alpha value is -2.16. The van der Waals surface area contributed by atoms with Gasteiger partial charge in [0.1, 0.15) is 12.8 Å². The SMILES string of the molecule is CON=C(C)C1(ONC(=O)O)C(=O)N(C)N=C1C. The summed E-state index contributed by atoms with van der Waals surface area (Å²) < 4.78 is 0. The smallest absolute Gasteiger partial charge is 0.428 e. The summed E-state index contributed by atoms with van der Waals surface area (Å²) in [6.45, 7) is 3.00. The summed E-state index contributed by atoms with van der Waals surface area (Å²) in [6.07, 6.45) is -1.44. The molecule has 0 spiro atoms. The zero-order valence-corrected chi connectivity index (χ0v) is 10.4. The lowest BCUT2D eigenvalue weighted by Crippen LogP contribution is -2.56. The predicted molar refractivity (Wildman–Crippen MR) is 61.0 cm³/mol.